The quantitative estimate of drug-likeness (QED) is 0.794. The van der Waals surface area contributed by atoms with E-state index in [1.54, 1.807) is 33.2 Å². The summed E-state index contributed by atoms with van der Waals surface area (Å²) in [7, 11) is 0. The number of rotatable bonds is 1. The highest BCUT2D eigenvalue weighted by Gasteiger charge is 2.17. The average molecular weight is 298 g/mol. The summed E-state index contributed by atoms with van der Waals surface area (Å²) in [5.74, 6) is 5.50. The minimum atomic E-state index is -0.582. The van der Waals surface area contributed by atoms with Crippen LogP contribution in [0.15, 0.2) is 30.6 Å². The summed E-state index contributed by atoms with van der Waals surface area (Å²) >= 11 is 0. The number of benzene rings is 1. The number of aliphatic hydroxyl groups is 1. The number of carbonyl (C=O) groups is 1. The summed E-state index contributed by atoms with van der Waals surface area (Å²) in [6.45, 7) is 5.17. The lowest BCUT2D eigenvalue weighted by atomic mass is 10.1. The first kappa shape index (κ1) is 15.8. The van der Waals surface area contributed by atoms with Crippen molar-refractivity contribution < 1.29 is 14.6 Å². The lowest BCUT2D eigenvalue weighted by Gasteiger charge is -2.20. The Hall–Kier alpha value is -2.58. The van der Waals surface area contributed by atoms with Crippen molar-refractivity contribution in [1.82, 2.24) is 4.98 Å². The van der Waals surface area contributed by atoms with Crippen molar-refractivity contribution in [2.75, 3.05) is 11.9 Å². The number of fused-ring (bicyclic) bond motifs is 1. The lowest BCUT2D eigenvalue weighted by molar-refractivity contribution is 0.0636. The molecule has 0 aliphatic rings. The standard InChI is InChI=1S/C17H18N2O3/c1-17(2,3)22-16(21)19-14-11-18-10-13-7-4-6-12(15(13)14)8-5-9-20/h4,6-7,10-11,20H,9H2,1-3H3,(H,19,21). The van der Waals surface area contributed by atoms with Gasteiger partial charge in [-0.1, -0.05) is 24.0 Å². The van der Waals surface area contributed by atoms with E-state index in [4.69, 9.17) is 9.84 Å². The van der Waals surface area contributed by atoms with Gasteiger partial charge in [0.15, 0.2) is 0 Å². The van der Waals surface area contributed by atoms with Crippen LogP contribution in [0.1, 0.15) is 26.3 Å². The molecule has 0 aliphatic heterocycles. The zero-order valence-electron chi connectivity index (χ0n) is 12.8. The largest absolute Gasteiger partial charge is 0.444 e. The molecule has 1 amide bonds. The van der Waals surface area contributed by atoms with E-state index >= 15 is 0 Å². The van der Waals surface area contributed by atoms with Gasteiger partial charge in [-0.25, -0.2) is 4.79 Å². The van der Waals surface area contributed by atoms with Crippen molar-refractivity contribution in [2.24, 2.45) is 0 Å². The molecular weight excluding hydrogens is 280 g/mol. The molecule has 0 saturated heterocycles. The smallest absolute Gasteiger partial charge is 0.412 e. The number of nitrogens with one attached hydrogen (secondary N) is 1. The Morgan fingerprint density at radius 2 is 2.14 bits per heavy atom. The van der Waals surface area contributed by atoms with Crippen molar-refractivity contribution in [2.45, 2.75) is 26.4 Å². The fourth-order valence-corrected chi connectivity index (χ4v) is 1.98. The molecule has 1 heterocycles. The van der Waals surface area contributed by atoms with Crippen molar-refractivity contribution >= 4 is 22.6 Å². The van der Waals surface area contributed by atoms with Crippen LogP contribution in [0.4, 0.5) is 10.5 Å². The fourth-order valence-electron chi connectivity index (χ4n) is 1.98. The number of carbonyl (C=O) groups excluding carboxylic acids is 1. The van der Waals surface area contributed by atoms with Crippen LogP contribution in [0.3, 0.4) is 0 Å². The number of amides is 1. The summed E-state index contributed by atoms with van der Waals surface area (Å²) in [5, 5.41) is 13.2. The number of anilines is 1. The van der Waals surface area contributed by atoms with Gasteiger partial charge in [0, 0.05) is 22.5 Å². The van der Waals surface area contributed by atoms with E-state index in [2.05, 4.69) is 22.1 Å². The van der Waals surface area contributed by atoms with Gasteiger partial charge < -0.3 is 9.84 Å². The molecule has 2 rings (SSSR count). The lowest BCUT2D eigenvalue weighted by Crippen LogP contribution is -2.27. The van der Waals surface area contributed by atoms with Crippen LogP contribution < -0.4 is 5.32 Å². The fraction of sp³-hybridized carbons (Fsp3) is 0.294. The van der Waals surface area contributed by atoms with Crippen molar-refractivity contribution in [3.8, 4) is 11.8 Å². The number of nitrogens with zero attached hydrogens (tertiary/aromatic N) is 1. The highest BCUT2D eigenvalue weighted by molar-refractivity contribution is 6.02. The van der Waals surface area contributed by atoms with Crippen LogP contribution >= 0.6 is 0 Å². The van der Waals surface area contributed by atoms with Gasteiger partial charge in [-0.05, 0) is 26.8 Å². The zero-order valence-corrected chi connectivity index (χ0v) is 12.8. The molecule has 2 aromatic rings. The second-order valence-electron chi connectivity index (χ2n) is 5.68. The molecule has 1 aromatic carbocycles. The molecule has 0 radical (unpaired) electrons. The van der Waals surface area contributed by atoms with Crippen LogP contribution in [0.25, 0.3) is 10.8 Å². The van der Waals surface area contributed by atoms with Crippen LogP contribution in [-0.2, 0) is 4.74 Å². The van der Waals surface area contributed by atoms with Gasteiger partial charge in [0.25, 0.3) is 0 Å². The highest BCUT2D eigenvalue weighted by atomic mass is 16.6. The van der Waals surface area contributed by atoms with E-state index < -0.39 is 11.7 Å². The maximum atomic E-state index is 12.0. The molecule has 5 heteroatoms. The molecule has 0 aliphatic carbocycles. The molecule has 0 bridgehead atoms. The van der Waals surface area contributed by atoms with Gasteiger partial charge in [0.2, 0.25) is 0 Å². The first-order valence-corrected chi connectivity index (χ1v) is 6.87. The van der Waals surface area contributed by atoms with Gasteiger partial charge in [0.05, 0.1) is 11.9 Å². The number of aromatic nitrogens is 1. The van der Waals surface area contributed by atoms with Crippen LogP contribution in [0.5, 0.6) is 0 Å². The van der Waals surface area contributed by atoms with Crippen molar-refractivity contribution in [3.05, 3.63) is 36.2 Å². The average Bonchev–Trinajstić information content (AvgIpc) is 2.43. The van der Waals surface area contributed by atoms with E-state index in [9.17, 15) is 4.79 Å². The summed E-state index contributed by atoms with van der Waals surface area (Å²) < 4.78 is 5.26. The summed E-state index contributed by atoms with van der Waals surface area (Å²) in [4.78, 5) is 16.1. The Balaban J connectivity index is 2.43. The third-order valence-electron chi connectivity index (χ3n) is 2.72. The summed E-state index contributed by atoms with van der Waals surface area (Å²) in [6, 6.07) is 5.56. The number of hydrogen-bond donors (Lipinski definition) is 2. The Labute approximate surface area is 129 Å². The van der Waals surface area contributed by atoms with E-state index in [0.29, 0.717) is 11.3 Å². The van der Waals surface area contributed by atoms with Crippen LogP contribution in [0, 0.1) is 11.8 Å². The molecule has 0 saturated carbocycles. The maximum absolute atomic E-state index is 12.0. The second-order valence-corrected chi connectivity index (χ2v) is 5.68. The Bertz CT molecular complexity index is 747. The topological polar surface area (TPSA) is 71.5 Å². The van der Waals surface area contributed by atoms with Gasteiger partial charge in [-0.3, -0.25) is 10.3 Å². The predicted molar refractivity (Wildman–Crippen MR) is 85.6 cm³/mol. The first-order valence-electron chi connectivity index (χ1n) is 6.87. The van der Waals surface area contributed by atoms with Crippen LogP contribution in [0.2, 0.25) is 0 Å². The Morgan fingerprint density at radius 1 is 1.36 bits per heavy atom. The van der Waals surface area contributed by atoms with Gasteiger partial charge >= 0.3 is 6.09 Å². The van der Waals surface area contributed by atoms with Gasteiger partial charge in [-0.15, -0.1) is 0 Å². The molecule has 2 N–H and O–H groups in total. The molecule has 114 valence electrons. The number of ether oxygens (including phenoxy) is 1. The Morgan fingerprint density at radius 3 is 2.82 bits per heavy atom. The van der Waals surface area contributed by atoms with Crippen LogP contribution in [-0.4, -0.2) is 28.4 Å². The number of hydrogen-bond acceptors (Lipinski definition) is 4. The van der Waals surface area contributed by atoms with E-state index in [1.165, 1.54) is 0 Å². The van der Waals surface area contributed by atoms with E-state index in [1.807, 2.05) is 18.2 Å². The second kappa shape index (κ2) is 6.46. The third-order valence-corrected chi connectivity index (χ3v) is 2.72. The molecule has 0 atom stereocenters. The van der Waals surface area contributed by atoms with Crippen molar-refractivity contribution in [1.29, 1.82) is 0 Å². The molecule has 0 fully saturated rings. The van der Waals surface area contributed by atoms with E-state index in [-0.39, 0.29) is 6.61 Å². The molecule has 22 heavy (non-hydrogen) atoms. The first-order chi connectivity index (χ1) is 10.4. The SMILES string of the molecule is CC(C)(C)OC(=O)Nc1cncc2cccc(C#CCO)c12. The molecule has 0 unspecified atom stereocenters. The molecular formula is C17H18N2O3. The maximum Gasteiger partial charge on any atom is 0.412 e. The summed E-state index contributed by atoms with van der Waals surface area (Å²) in [5.41, 5.74) is 0.649. The zero-order chi connectivity index (χ0) is 16.2. The van der Waals surface area contributed by atoms with E-state index in [0.717, 1.165) is 10.8 Å². The number of aliphatic hydroxyl groups excluding tert-OH is 1. The predicted octanol–water partition coefficient (Wildman–Crippen LogP) is 2.93. The molecule has 0 spiro atoms. The summed E-state index contributed by atoms with van der Waals surface area (Å²) in [6.07, 6.45) is 2.70. The van der Waals surface area contributed by atoms with Crippen molar-refractivity contribution in [3.63, 3.8) is 0 Å². The normalized spacial score (nSPS) is 10.7. The monoisotopic (exact) mass is 298 g/mol. The van der Waals surface area contributed by atoms with Gasteiger partial charge in [0.1, 0.15) is 12.2 Å². The minimum absolute atomic E-state index is 0.226. The van der Waals surface area contributed by atoms with Gasteiger partial charge in [-0.2, -0.15) is 0 Å². The minimum Gasteiger partial charge on any atom is -0.444 e. The third kappa shape index (κ3) is 3.96. The number of pyridine rings is 1. The molecule has 5 nitrogen and oxygen atoms in total. The Kier molecular flexibility index (Phi) is 4.64. The molecule has 1 aromatic heterocycles. The highest BCUT2D eigenvalue weighted by Crippen LogP contribution is 2.26.